The zero-order valence-electron chi connectivity index (χ0n) is 16.3. The predicted octanol–water partition coefficient (Wildman–Crippen LogP) is 1.80. The second-order valence-electron chi connectivity index (χ2n) is 8.03. The SMILES string of the molecule is CCOC1CC(NC(=NC)NC2CCc3nc(C)nn3C2)C12CCCC2. The summed E-state index contributed by atoms with van der Waals surface area (Å²) in [5.41, 5.74) is 0.316. The maximum absolute atomic E-state index is 6.03. The van der Waals surface area contributed by atoms with Gasteiger partial charge in [-0.2, -0.15) is 5.10 Å². The number of aryl methyl sites for hydroxylation is 2. The molecule has 2 N–H and O–H groups in total. The molecule has 3 atom stereocenters. The van der Waals surface area contributed by atoms with E-state index in [9.17, 15) is 0 Å². The van der Waals surface area contributed by atoms with Crippen LogP contribution in [0.5, 0.6) is 0 Å². The van der Waals surface area contributed by atoms with Crippen molar-refractivity contribution >= 4 is 5.96 Å². The van der Waals surface area contributed by atoms with E-state index < -0.39 is 0 Å². The summed E-state index contributed by atoms with van der Waals surface area (Å²) >= 11 is 0. The highest BCUT2D eigenvalue weighted by molar-refractivity contribution is 5.80. The third-order valence-corrected chi connectivity index (χ3v) is 6.53. The fraction of sp³-hybridized carbons (Fsp3) is 0.842. The van der Waals surface area contributed by atoms with Gasteiger partial charge < -0.3 is 15.4 Å². The number of aromatic nitrogens is 3. The topological polar surface area (TPSA) is 76.4 Å². The Morgan fingerprint density at radius 1 is 1.35 bits per heavy atom. The molecule has 26 heavy (non-hydrogen) atoms. The Labute approximate surface area is 156 Å². The zero-order chi connectivity index (χ0) is 18.1. The summed E-state index contributed by atoms with van der Waals surface area (Å²) in [5, 5.41) is 11.8. The summed E-state index contributed by atoms with van der Waals surface area (Å²) in [5.74, 6) is 2.89. The van der Waals surface area contributed by atoms with Crippen molar-refractivity contribution in [1.82, 2.24) is 25.4 Å². The average molecular weight is 361 g/mol. The second kappa shape index (κ2) is 7.18. The van der Waals surface area contributed by atoms with Crippen LogP contribution in [0.2, 0.25) is 0 Å². The van der Waals surface area contributed by atoms with Crippen LogP contribution < -0.4 is 10.6 Å². The Morgan fingerprint density at radius 2 is 2.15 bits per heavy atom. The molecule has 3 unspecified atom stereocenters. The molecule has 4 rings (SSSR count). The van der Waals surface area contributed by atoms with Gasteiger partial charge in [0.1, 0.15) is 11.6 Å². The Kier molecular flexibility index (Phi) is 4.90. The van der Waals surface area contributed by atoms with Gasteiger partial charge in [-0.1, -0.05) is 12.8 Å². The molecule has 2 saturated carbocycles. The molecule has 0 amide bonds. The number of nitrogens with one attached hydrogen (secondary N) is 2. The summed E-state index contributed by atoms with van der Waals surface area (Å²) in [4.78, 5) is 8.99. The van der Waals surface area contributed by atoms with Crippen molar-refractivity contribution in [3.05, 3.63) is 11.6 Å². The fourth-order valence-corrected chi connectivity index (χ4v) is 5.17. The van der Waals surface area contributed by atoms with Crippen LogP contribution >= 0.6 is 0 Å². The van der Waals surface area contributed by atoms with Gasteiger partial charge in [0.05, 0.1) is 12.6 Å². The summed E-state index contributed by atoms with van der Waals surface area (Å²) in [7, 11) is 1.86. The molecule has 2 heterocycles. The van der Waals surface area contributed by atoms with Crippen molar-refractivity contribution < 1.29 is 4.74 Å². The second-order valence-corrected chi connectivity index (χ2v) is 8.03. The largest absolute Gasteiger partial charge is 0.378 e. The monoisotopic (exact) mass is 360 g/mol. The lowest BCUT2D eigenvalue weighted by Crippen LogP contribution is -2.65. The van der Waals surface area contributed by atoms with Crippen molar-refractivity contribution in [3.63, 3.8) is 0 Å². The number of aliphatic imine (C=N–C) groups is 1. The summed E-state index contributed by atoms with van der Waals surface area (Å²) in [6.45, 7) is 5.73. The maximum Gasteiger partial charge on any atom is 0.191 e. The van der Waals surface area contributed by atoms with Gasteiger partial charge in [0.25, 0.3) is 0 Å². The van der Waals surface area contributed by atoms with E-state index in [2.05, 4.69) is 32.6 Å². The number of guanidine groups is 1. The summed E-state index contributed by atoms with van der Waals surface area (Å²) in [6.07, 6.45) is 8.74. The molecule has 7 heteroatoms. The van der Waals surface area contributed by atoms with Gasteiger partial charge in [0.15, 0.2) is 5.96 Å². The Balaban J connectivity index is 1.37. The van der Waals surface area contributed by atoms with Gasteiger partial charge in [0.2, 0.25) is 0 Å². The Morgan fingerprint density at radius 3 is 2.88 bits per heavy atom. The normalized spacial score (nSPS) is 30.1. The molecule has 144 valence electrons. The molecule has 1 aromatic heterocycles. The Hall–Kier alpha value is -1.63. The number of ether oxygens (including phenoxy) is 1. The molecule has 0 saturated heterocycles. The summed E-state index contributed by atoms with van der Waals surface area (Å²) < 4.78 is 8.07. The van der Waals surface area contributed by atoms with E-state index in [1.54, 1.807) is 0 Å². The van der Waals surface area contributed by atoms with E-state index in [4.69, 9.17) is 4.74 Å². The molecule has 0 radical (unpaired) electrons. The molecule has 3 aliphatic rings. The van der Waals surface area contributed by atoms with Gasteiger partial charge in [-0.3, -0.25) is 4.99 Å². The van der Waals surface area contributed by atoms with E-state index in [0.717, 1.165) is 50.0 Å². The minimum absolute atomic E-state index is 0.316. The first-order valence-electron chi connectivity index (χ1n) is 10.2. The van der Waals surface area contributed by atoms with Crippen LogP contribution in [0.25, 0.3) is 0 Å². The highest BCUT2D eigenvalue weighted by Crippen LogP contribution is 2.54. The van der Waals surface area contributed by atoms with E-state index in [0.29, 0.717) is 23.6 Å². The maximum atomic E-state index is 6.03. The Bertz CT molecular complexity index is 663. The third-order valence-electron chi connectivity index (χ3n) is 6.53. The molecule has 1 aromatic rings. The number of fused-ring (bicyclic) bond motifs is 1. The first kappa shape index (κ1) is 17.8. The van der Waals surface area contributed by atoms with E-state index in [1.807, 2.05) is 18.7 Å². The molecule has 0 bridgehead atoms. The number of hydrogen-bond donors (Lipinski definition) is 2. The first-order valence-corrected chi connectivity index (χ1v) is 10.2. The van der Waals surface area contributed by atoms with Crippen LogP contribution in [0.15, 0.2) is 4.99 Å². The van der Waals surface area contributed by atoms with Crippen LogP contribution in [-0.2, 0) is 17.7 Å². The fourth-order valence-electron chi connectivity index (χ4n) is 5.17. The number of nitrogens with zero attached hydrogens (tertiary/aromatic N) is 4. The minimum Gasteiger partial charge on any atom is -0.378 e. The van der Waals surface area contributed by atoms with Crippen LogP contribution in [0.3, 0.4) is 0 Å². The van der Waals surface area contributed by atoms with Crippen LogP contribution in [0.1, 0.15) is 57.1 Å². The molecular weight excluding hydrogens is 328 g/mol. The molecule has 1 aliphatic heterocycles. The van der Waals surface area contributed by atoms with Crippen LogP contribution in [-0.4, -0.2) is 52.6 Å². The first-order chi connectivity index (χ1) is 12.6. The molecular formula is C19H32N6O. The van der Waals surface area contributed by atoms with Gasteiger partial charge in [-0.15, -0.1) is 0 Å². The van der Waals surface area contributed by atoms with Crippen LogP contribution in [0.4, 0.5) is 0 Å². The highest BCUT2D eigenvalue weighted by Gasteiger charge is 2.57. The van der Waals surface area contributed by atoms with Crippen molar-refractivity contribution in [1.29, 1.82) is 0 Å². The van der Waals surface area contributed by atoms with E-state index in [-0.39, 0.29) is 0 Å². The lowest BCUT2D eigenvalue weighted by molar-refractivity contribution is -0.125. The quantitative estimate of drug-likeness (QED) is 0.633. The molecule has 2 fully saturated rings. The average Bonchev–Trinajstić information content (AvgIpc) is 3.27. The lowest BCUT2D eigenvalue weighted by Gasteiger charge is -2.54. The van der Waals surface area contributed by atoms with Crippen molar-refractivity contribution in [2.45, 2.75) is 83.5 Å². The van der Waals surface area contributed by atoms with Gasteiger partial charge in [-0.05, 0) is 39.5 Å². The van der Waals surface area contributed by atoms with Gasteiger partial charge in [-0.25, -0.2) is 9.67 Å². The van der Waals surface area contributed by atoms with Gasteiger partial charge >= 0.3 is 0 Å². The third kappa shape index (κ3) is 3.10. The number of hydrogen-bond acceptors (Lipinski definition) is 4. The van der Waals surface area contributed by atoms with Crippen molar-refractivity contribution in [2.24, 2.45) is 10.4 Å². The van der Waals surface area contributed by atoms with E-state index in [1.165, 1.54) is 25.7 Å². The van der Waals surface area contributed by atoms with Gasteiger partial charge in [0, 0.05) is 37.6 Å². The zero-order valence-corrected chi connectivity index (χ0v) is 16.3. The molecule has 2 aliphatic carbocycles. The molecule has 1 spiro atoms. The minimum atomic E-state index is 0.316. The van der Waals surface area contributed by atoms with Crippen LogP contribution in [0, 0.1) is 12.3 Å². The smallest absolute Gasteiger partial charge is 0.191 e. The highest BCUT2D eigenvalue weighted by atomic mass is 16.5. The summed E-state index contributed by atoms with van der Waals surface area (Å²) in [6, 6.07) is 0.817. The number of rotatable bonds is 4. The molecule has 0 aromatic carbocycles. The standard InChI is InChI=1S/C19H32N6O/c1-4-26-16-11-15(19(16)9-5-6-10-19)23-18(20-3)22-14-7-8-17-21-13(2)24-25(17)12-14/h14-16H,4-12H2,1-3H3,(H2,20,22,23). The molecule has 7 nitrogen and oxygen atoms in total. The lowest BCUT2D eigenvalue weighted by atomic mass is 9.60. The van der Waals surface area contributed by atoms with Crippen molar-refractivity contribution in [3.8, 4) is 0 Å². The predicted molar refractivity (Wildman–Crippen MR) is 101 cm³/mol. The van der Waals surface area contributed by atoms with E-state index >= 15 is 0 Å². The van der Waals surface area contributed by atoms with Crippen molar-refractivity contribution in [2.75, 3.05) is 13.7 Å².